The minimum atomic E-state index is -1.08. The Kier molecular flexibility index (Phi) is 8.35. The van der Waals surface area contributed by atoms with Gasteiger partial charge in [0, 0.05) is 18.1 Å². The quantitative estimate of drug-likeness (QED) is 0.223. The molecule has 36 heavy (non-hydrogen) atoms. The molecule has 0 spiro atoms. The molecule has 186 valence electrons. The van der Waals surface area contributed by atoms with Crippen molar-refractivity contribution >= 4 is 24.1 Å². The molecular weight excluding hydrogens is 464 g/mol. The fourth-order valence-electron chi connectivity index (χ4n) is 3.42. The van der Waals surface area contributed by atoms with Crippen molar-refractivity contribution < 1.29 is 39.1 Å². The van der Waals surface area contributed by atoms with Gasteiger partial charge in [0.15, 0.2) is 23.0 Å². The SMILES string of the molecule is COc1cc(/C=C/C(=O)Oc2ccc(C/C(=C\c3ccc(O)c(OC)c3)C(=O)O)c(C)c2)ccc1O. The number of carbonyl (C=O) groups excluding carboxylic acids is 1. The Morgan fingerprint density at radius 2 is 1.47 bits per heavy atom. The first-order chi connectivity index (χ1) is 17.2. The topological polar surface area (TPSA) is 123 Å². The molecule has 0 saturated heterocycles. The number of esters is 1. The van der Waals surface area contributed by atoms with Crippen LogP contribution in [0.2, 0.25) is 0 Å². The van der Waals surface area contributed by atoms with E-state index in [0.29, 0.717) is 16.9 Å². The van der Waals surface area contributed by atoms with Crippen LogP contribution in [0.3, 0.4) is 0 Å². The van der Waals surface area contributed by atoms with Gasteiger partial charge in [0.05, 0.1) is 14.2 Å². The molecule has 8 nitrogen and oxygen atoms in total. The van der Waals surface area contributed by atoms with E-state index in [0.717, 1.165) is 11.1 Å². The Balaban J connectivity index is 1.72. The van der Waals surface area contributed by atoms with Gasteiger partial charge in [0.2, 0.25) is 0 Å². The number of aryl methyl sites for hydroxylation is 1. The van der Waals surface area contributed by atoms with Crippen LogP contribution in [0, 0.1) is 6.92 Å². The number of methoxy groups -OCH3 is 2. The maximum Gasteiger partial charge on any atom is 0.336 e. The summed E-state index contributed by atoms with van der Waals surface area (Å²) < 4.78 is 15.5. The largest absolute Gasteiger partial charge is 0.504 e. The molecule has 0 unspecified atom stereocenters. The summed E-state index contributed by atoms with van der Waals surface area (Å²) in [5, 5.41) is 29.1. The van der Waals surface area contributed by atoms with E-state index in [1.165, 1.54) is 44.6 Å². The zero-order chi connectivity index (χ0) is 26.2. The van der Waals surface area contributed by atoms with E-state index in [2.05, 4.69) is 0 Å². The number of carboxylic acids is 1. The molecule has 0 fully saturated rings. The zero-order valence-corrected chi connectivity index (χ0v) is 20.0. The summed E-state index contributed by atoms with van der Waals surface area (Å²) >= 11 is 0. The summed E-state index contributed by atoms with van der Waals surface area (Å²) in [7, 11) is 2.85. The van der Waals surface area contributed by atoms with Gasteiger partial charge in [-0.1, -0.05) is 18.2 Å². The highest BCUT2D eigenvalue weighted by Gasteiger charge is 2.13. The molecule has 0 amide bonds. The van der Waals surface area contributed by atoms with Gasteiger partial charge >= 0.3 is 11.9 Å². The lowest BCUT2D eigenvalue weighted by Gasteiger charge is -2.10. The van der Waals surface area contributed by atoms with Crippen molar-refractivity contribution in [1.82, 2.24) is 0 Å². The van der Waals surface area contributed by atoms with Crippen LogP contribution < -0.4 is 14.2 Å². The van der Waals surface area contributed by atoms with Crippen molar-refractivity contribution in [3.63, 3.8) is 0 Å². The summed E-state index contributed by atoms with van der Waals surface area (Å²) in [6.07, 6.45) is 4.45. The van der Waals surface area contributed by atoms with Crippen LogP contribution in [0.4, 0.5) is 0 Å². The van der Waals surface area contributed by atoms with Gasteiger partial charge in [-0.15, -0.1) is 0 Å². The van der Waals surface area contributed by atoms with Crippen LogP contribution in [0.5, 0.6) is 28.7 Å². The first kappa shape index (κ1) is 25.9. The van der Waals surface area contributed by atoms with Crippen molar-refractivity contribution in [1.29, 1.82) is 0 Å². The van der Waals surface area contributed by atoms with Gasteiger partial charge in [-0.25, -0.2) is 9.59 Å². The zero-order valence-electron chi connectivity index (χ0n) is 20.0. The number of carbonyl (C=O) groups is 2. The summed E-state index contributed by atoms with van der Waals surface area (Å²) in [6, 6.07) is 14.2. The van der Waals surface area contributed by atoms with Crippen molar-refractivity contribution in [2.75, 3.05) is 14.2 Å². The van der Waals surface area contributed by atoms with E-state index in [1.54, 1.807) is 49.4 Å². The third-order valence-electron chi connectivity index (χ3n) is 5.35. The van der Waals surface area contributed by atoms with Gasteiger partial charge in [-0.05, 0) is 77.7 Å². The molecule has 0 saturated carbocycles. The third-order valence-corrected chi connectivity index (χ3v) is 5.35. The van der Waals surface area contributed by atoms with E-state index in [-0.39, 0.29) is 35.0 Å². The molecule has 8 heteroatoms. The number of aliphatic carboxylic acids is 1. The number of aromatic hydroxyl groups is 2. The standard InChI is InChI=1S/C28H26O8/c1-17-12-22(36-27(31)11-6-18-4-9-23(29)25(14-18)34-2)8-7-20(17)16-21(28(32)33)13-19-5-10-24(30)26(15-19)35-3/h4-15,29-30H,16H2,1-3H3,(H,32,33)/b11-6+,21-13+. The van der Waals surface area contributed by atoms with Crippen molar-refractivity contribution in [3.05, 3.63) is 88.5 Å². The Hall–Kier alpha value is -4.72. The molecule has 0 heterocycles. The Labute approximate surface area is 208 Å². The second kappa shape index (κ2) is 11.6. The van der Waals surface area contributed by atoms with Crippen LogP contribution >= 0.6 is 0 Å². The van der Waals surface area contributed by atoms with E-state index >= 15 is 0 Å². The Morgan fingerprint density at radius 3 is 2.06 bits per heavy atom. The van der Waals surface area contributed by atoms with Crippen molar-refractivity contribution in [3.8, 4) is 28.7 Å². The monoisotopic (exact) mass is 490 g/mol. The lowest BCUT2D eigenvalue weighted by atomic mass is 9.98. The Bertz CT molecular complexity index is 1340. The average Bonchev–Trinajstić information content (AvgIpc) is 2.85. The number of carboxylic acid groups (broad SMARTS) is 1. The van der Waals surface area contributed by atoms with E-state index in [9.17, 15) is 24.9 Å². The average molecular weight is 491 g/mol. The van der Waals surface area contributed by atoms with Gasteiger partial charge in [0.1, 0.15) is 5.75 Å². The lowest BCUT2D eigenvalue weighted by molar-refractivity contribution is -0.132. The molecule has 0 aliphatic heterocycles. The lowest BCUT2D eigenvalue weighted by Crippen LogP contribution is -2.06. The van der Waals surface area contributed by atoms with Crippen molar-refractivity contribution in [2.45, 2.75) is 13.3 Å². The van der Waals surface area contributed by atoms with Gasteiger partial charge in [-0.3, -0.25) is 0 Å². The number of hydrogen-bond acceptors (Lipinski definition) is 7. The van der Waals surface area contributed by atoms with Crippen molar-refractivity contribution in [2.24, 2.45) is 0 Å². The van der Waals surface area contributed by atoms with Crippen LogP contribution in [0.25, 0.3) is 12.2 Å². The molecule has 0 atom stereocenters. The molecule has 3 aromatic carbocycles. The molecular formula is C28H26O8. The molecule has 3 aromatic rings. The highest BCUT2D eigenvalue weighted by Crippen LogP contribution is 2.29. The molecule has 0 radical (unpaired) electrons. The molecule has 3 N–H and O–H groups in total. The Morgan fingerprint density at radius 1 is 0.861 bits per heavy atom. The predicted octanol–water partition coefficient (Wildman–Crippen LogP) is 4.75. The number of hydrogen-bond donors (Lipinski definition) is 3. The summed E-state index contributed by atoms with van der Waals surface area (Å²) in [5.41, 5.74) is 2.86. The number of phenolic OH excluding ortho intramolecular Hbond substituents is 2. The third kappa shape index (κ3) is 6.66. The van der Waals surface area contributed by atoms with E-state index in [1.807, 2.05) is 0 Å². The van der Waals surface area contributed by atoms with Crippen LogP contribution in [0.1, 0.15) is 22.3 Å². The number of ether oxygens (including phenoxy) is 3. The molecule has 0 aromatic heterocycles. The number of phenols is 2. The minimum Gasteiger partial charge on any atom is -0.504 e. The normalized spacial score (nSPS) is 11.4. The highest BCUT2D eigenvalue weighted by molar-refractivity contribution is 5.93. The second-order valence-electron chi connectivity index (χ2n) is 7.86. The molecule has 0 aliphatic rings. The van der Waals surface area contributed by atoms with Crippen LogP contribution in [-0.2, 0) is 16.0 Å². The number of benzene rings is 3. The fraction of sp³-hybridized carbons (Fsp3) is 0.143. The predicted molar refractivity (Wildman–Crippen MR) is 134 cm³/mol. The van der Waals surface area contributed by atoms with E-state index < -0.39 is 11.9 Å². The molecule has 0 bridgehead atoms. The maximum absolute atomic E-state index is 12.2. The first-order valence-corrected chi connectivity index (χ1v) is 10.9. The van der Waals surface area contributed by atoms with E-state index in [4.69, 9.17) is 14.2 Å². The second-order valence-corrected chi connectivity index (χ2v) is 7.86. The van der Waals surface area contributed by atoms with Gasteiger partial charge in [0.25, 0.3) is 0 Å². The summed E-state index contributed by atoms with van der Waals surface area (Å²) in [6.45, 7) is 1.80. The summed E-state index contributed by atoms with van der Waals surface area (Å²) in [5.74, 6) is -0.861. The summed E-state index contributed by atoms with van der Waals surface area (Å²) in [4.78, 5) is 24.1. The molecule has 3 rings (SSSR count). The van der Waals surface area contributed by atoms with Crippen LogP contribution in [-0.4, -0.2) is 41.5 Å². The fourth-order valence-corrected chi connectivity index (χ4v) is 3.42. The minimum absolute atomic E-state index is 0.00326. The number of rotatable bonds is 9. The first-order valence-electron chi connectivity index (χ1n) is 10.9. The van der Waals surface area contributed by atoms with Gasteiger partial charge < -0.3 is 29.5 Å². The maximum atomic E-state index is 12.2. The smallest absolute Gasteiger partial charge is 0.336 e. The molecule has 0 aliphatic carbocycles. The van der Waals surface area contributed by atoms with Gasteiger partial charge in [-0.2, -0.15) is 0 Å². The highest BCUT2D eigenvalue weighted by atomic mass is 16.5. The van der Waals surface area contributed by atoms with Crippen LogP contribution in [0.15, 0.2) is 66.2 Å².